The van der Waals surface area contributed by atoms with Crippen LogP contribution in [0.25, 0.3) is 0 Å². The number of rotatable bonds is 0. The van der Waals surface area contributed by atoms with Crippen molar-refractivity contribution in [1.82, 2.24) is 0 Å². The lowest BCUT2D eigenvalue weighted by Gasteiger charge is -2.30. The van der Waals surface area contributed by atoms with Crippen LogP contribution in [0.4, 0.5) is 0 Å². The van der Waals surface area contributed by atoms with Crippen molar-refractivity contribution >= 4 is 0 Å². The maximum Gasteiger partial charge on any atom is 0.0293 e. The minimum Gasteiger partial charge on any atom is -0.324 e. The molecular formula is C10H15N. The quantitative estimate of drug-likeness (QED) is 0.560. The highest BCUT2D eigenvalue weighted by atomic mass is 14.6. The second kappa shape index (κ2) is 2.82. The van der Waals surface area contributed by atoms with Crippen molar-refractivity contribution in [2.24, 2.45) is 11.7 Å². The van der Waals surface area contributed by atoms with Crippen molar-refractivity contribution in [3.05, 3.63) is 23.8 Å². The number of fused-ring (bicyclic) bond motifs is 1. The molecule has 0 amide bonds. The predicted molar refractivity (Wildman–Crippen MR) is 47.2 cm³/mol. The standard InChI is InChI=1S/C10H15N/c11-10-7-3-5-8-4-1-2-6-9(8)10/h3,5,7,9-10H,1-2,4,6,11H2. The minimum absolute atomic E-state index is 0.301. The van der Waals surface area contributed by atoms with Gasteiger partial charge < -0.3 is 5.73 Å². The molecule has 0 aliphatic heterocycles. The SMILES string of the molecule is NC1C=CC=C2CCCCC21. The first-order valence-corrected chi connectivity index (χ1v) is 4.51. The fourth-order valence-electron chi connectivity index (χ4n) is 2.15. The lowest BCUT2D eigenvalue weighted by Crippen LogP contribution is -2.32. The molecule has 0 aromatic rings. The largest absolute Gasteiger partial charge is 0.324 e. The van der Waals surface area contributed by atoms with E-state index in [1.165, 1.54) is 25.7 Å². The molecule has 60 valence electrons. The van der Waals surface area contributed by atoms with Crippen LogP contribution in [0, 0.1) is 5.92 Å². The summed E-state index contributed by atoms with van der Waals surface area (Å²) in [6.45, 7) is 0. The molecule has 1 fully saturated rings. The molecule has 0 aromatic heterocycles. The second-order valence-corrected chi connectivity index (χ2v) is 3.56. The molecule has 1 nitrogen and oxygen atoms in total. The van der Waals surface area contributed by atoms with Gasteiger partial charge in [0.15, 0.2) is 0 Å². The zero-order valence-electron chi connectivity index (χ0n) is 6.79. The summed E-state index contributed by atoms with van der Waals surface area (Å²) in [4.78, 5) is 0. The van der Waals surface area contributed by atoms with Gasteiger partial charge in [0.25, 0.3) is 0 Å². The van der Waals surface area contributed by atoms with Crippen LogP contribution in [0.2, 0.25) is 0 Å². The lowest BCUT2D eigenvalue weighted by atomic mass is 9.77. The predicted octanol–water partition coefficient (Wildman–Crippen LogP) is 2.00. The Balaban J connectivity index is 2.18. The summed E-state index contributed by atoms with van der Waals surface area (Å²) >= 11 is 0. The Morgan fingerprint density at radius 2 is 2.27 bits per heavy atom. The van der Waals surface area contributed by atoms with Crippen molar-refractivity contribution in [2.75, 3.05) is 0 Å². The number of allylic oxidation sites excluding steroid dienone is 2. The third kappa shape index (κ3) is 1.25. The Morgan fingerprint density at radius 1 is 1.36 bits per heavy atom. The van der Waals surface area contributed by atoms with E-state index >= 15 is 0 Å². The van der Waals surface area contributed by atoms with E-state index in [9.17, 15) is 0 Å². The molecule has 2 unspecified atom stereocenters. The fraction of sp³-hybridized carbons (Fsp3) is 0.600. The maximum atomic E-state index is 5.96. The molecule has 0 radical (unpaired) electrons. The van der Waals surface area contributed by atoms with Crippen LogP contribution in [0.5, 0.6) is 0 Å². The average Bonchev–Trinajstić information content (AvgIpc) is 2.06. The molecule has 11 heavy (non-hydrogen) atoms. The fourth-order valence-corrected chi connectivity index (χ4v) is 2.15. The van der Waals surface area contributed by atoms with Gasteiger partial charge in [-0.05, 0) is 25.2 Å². The summed E-state index contributed by atoms with van der Waals surface area (Å²) in [5.74, 6) is 0.675. The Hall–Kier alpha value is -0.560. The van der Waals surface area contributed by atoms with E-state index in [4.69, 9.17) is 5.73 Å². The van der Waals surface area contributed by atoms with Crippen molar-refractivity contribution in [3.63, 3.8) is 0 Å². The van der Waals surface area contributed by atoms with Crippen LogP contribution >= 0.6 is 0 Å². The van der Waals surface area contributed by atoms with E-state index in [-0.39, 0.29) is 0 Å². The summed E-state index contributed by atoms with van der Waals surface area (Å²) in [6.07, 6.45) is 11.8. The smallest absolute Gasteiger partial charge is 0.0293 e. The molecule has 0 aromatic carbocycles. The molecule has 0 bridgehead atoms. The van der Waals surface area contributed by atoms with Crippen LogP contribution in [-0.4, -0.2) is 6.04 Å². The minimum atomic E-state index is 0.301. The van der Waals surface area contributed by atoms with Gasteiger partial charge in [0, 0.05) is 6.04 Å². The molecule has 0 spiro atoms. The Kier molecular flexibility index (Phi) is 1.82. The van der Waals surface area contributed by atoms with Crippen LogP contribution in [0.15, 0.2) is 23.8 Å². The average molecular weight is 149 g/mol. The van der Waals surface area contributed by atoms with Gasteiger partial charge in [0.2, 0.25) is 0 Å². The molecule has 2 aliphatic carbocycles. The maximum absolute atomic E-state index is 5.96. The number of hydrogen-bond acceptors (Lipinski definition) is 1. The van der Waals surface area contributed by atoms with Crippen LogP contribution in [-0.2, 0) is 0 Å². The first-order chi connectivity index (χ1) is 5.38. The third-order valence-corrected chi connectivity index (χ3v) is 2.82. The van der Waals surface area contributed by atoms with E-state index in [1.807, 2.05) is 0 Å². The molecule has 2 rings (SSSR count). The van der Waals surface area contributed by atoms with E-state index in [0.717, 1.165) is 0 Å². The van der Waals surface area contributed by atoms with E-state index in [1.54, 1.807) is 5.57 Å². The van der Waals surface area contributed by atoms with Crippen LogP contribution < -0.4 is 5.73 Å². The lowest BCUT2D eigenvalue weighted by molar-refractivity contribution is 0.416. The molecule has 1 saturated carbocycles. The van der Waals surface area contributed by atoms with E-state index in [2.05, 4.69) is 18.2 Å². The van der Waals surface area contributed by atoms with E-state index < -0.39 is 0 Å². The van der Waals surface area contributed by atoms with Gasteiger partial charge in [-0.2, -0.15) is 0 Å². The Bertz CT molecular complexity index is 203. The molecule has 2 aliphatic rings. The van der Waals surface area contributed by atoms with Crippen molar-refractivity contribution in [1.29, 1.82) is 0 Å². The summed E-state index contributed by atoms with van der Waals surface area (Å²) in [5.41, 5.74) is 7.55. The topological polar surface area (TPSA) is 26.0 Å². The second-order valence-electron chi connectivity index (χ2n) is 3.56. The van der Waals surface area contributed by atoms with Crippen LogP contribution in [0.3, 0.4) is 0 Å². The van der Waals surface area contributed by atoms with Gasteiger partial charge in [-0.3, -0.25) is 0 Å². The molecule has 0 heterocycles. The van der Waals surface area contributed by atoms with Crippen LogP contribution in [0.1, 0.15) is 25.7 Å². The van der Waals surface area contributed by atoms with Gasteiger partial charge in [-0.25, -0.2) is 0 Å². The molecule has 2 atom stereocenters. The number of hydrogen-bond donors (Lipinski definition) is 1. The van der Waals surface area contributed by atoms with Crippen molar-refractivity contribution in [3.8, 4) is 0 Å². The zero-order chi connectivity index (χ0) is 7.68. The van der Waals surface area contributed by atoms with Gasteiger partial charge in [0.05, 0.1) is 0 Å². The Labute approximate surface area is 68.0 Å². The van der Waals surface area contributed by atoms with Crippen molar-refractivity contribution in [2.45, 2.75) is 31.7 Å². The molecule has 1 heteroatoms. The highest BCUT2D eigenvalue weighted by Crippen LogP contribution is 2.33. The summed E-state index contributed by atoms with van der Waals surface area (Å²) in [6, 6.07) is 0.301. The first kappa shape index (κ1) is 7.11. The van der Waals surface area contributed by atoms with Gasteiger partial charge >= 0.3 is 0 Å². The summed E-state index contributed by atoms with van der Waals surface area (Å²) < 4.78 is 0. The molecular weight excluding hydrogens is 134 g/mol. The van der Waals surface area contributed by atoms with Gasteiger partial charge in [-0.1, -0.05) is 30.2 Å². The summed E-state index contributed by atoms with van der Waals surface area (Å²) in [7, 11) is 0. The normalized spacial score (nSPS) is 36.3. The zero-order valence-corrected chi connectivity index (χ0v) is 6.79. The summed E-state index contributed by atoms with van der Waals surface area (Å²) in [5, 5.41) is 0. The van der Waals surface area contributed by atoms with Gasteiger partial charge in [-0.15, -0.1) is 0 Å². The van der Waals surface area contributed by atoms with E-state index in [0.29, 0.717) is 12.0 Å². The number of nitrogens with two attached hydrogens (primary N) is 1. The first-order valence-electron chi connectivity index (χ1n) is 4.51. The highest BCUT2D eigenvalue weighted by molar-refractivity contribution is 5.26. The molecule has 2 N–H and O–H groups in total. The molecule has 0 saturated heterocycles. The van der Waals surface area contributed by atoms with Gasteiger partial charge in [0.1, 0.15) is 0 Å². The monoisotopic (exact) mass is 149 g/mol. The van der Waals surface area contributed by atoms with Crippen molar-refractivity contribution < 1.29 is 0 Å². The third-order valence-electron chi connectivity index (χ3n) is 2.82. The Morgan fingerprint density at radius 3 is 3.09 bits per heavy atom. The highest BCUT2D eigenvalue weighted by Gasteiger charge is 2.24.